The first-order valence-corrected chi connectivity index (χ1v) is 8.07. The van der Waals surface area contributed by atoms with Crippen LogP contribution in [0.2, 0.25) is 0 Å². The highest BCUT2D eigenvalue weighted by Gasteiger charge is 2.33. The Morgan fingerprint density at radius 3 is 2.76 bits per heavy atom. The van der Waals surface area contributed by atoms with E-state index in [1.165, 1.54) is 25.8 Å². The maximum atomic E-state index is 12.8. The second-order valence-corrected chi connectivity index (χ2v) is 6.17. The standard InChI is InChI=1S/C17H25N3O/c18-12-16(14-6-2-1-3-7-14)17(21)20-11-10-19-9-5-4-8-15(19)13-20/h1-3,6-7,15-16H,4-5,8-13,18H2. The van der Waals surface area contributed by atoms with Gasteiger partial charge in [-0.2, -0.15) is 0 Å². The van der Waals surface area contributed by atoms with Crippen LogP contribution in [0, 0.1) is 0 Å². The summed E-state index contributed by atoms with van der Waals surface area (Å²) in [5, 5.41) is 0. The minimum atomic E-state index is -0.193. The highest BCUT2D eigenvalue weighted by Crippen LogP contribution is 2.24. The number of nitrogens with two attached hydrogens (primary N) is 1. The third-order valence-electron chi connectivity index (χ3n) is 4.88. The zero-order chi connectivity index (χ0) is 14.7. The van der Waals surface area contributed by atoms with Crippen LogP contribution in [0.1, 0.15) is 30.7 Å². The lowest BCUT2D eigenvalue weighted by Gasteiger charge is -2.44. The van der Waals surface area contributed by atoms with Crippen LogP contribution in [-0.4, -0.2) is 54.5 Å². The third-order valence-corrected chi connectivity index (χ3v) is 4.88. The summed E-state index contributed by atoms with van der Waals surface area (Å²) in [4.78, 5) is 17.4. The molecule has 2 unspecified atom stereocenters. The van der Waals surface area contributed by atoms with Gasteiger partial charge in [0, 0.05) is 32.2 Å². The molecule has 2 fully saturated rings. The van der Waals surface area contributed by atoms with Gasteiger partial charge in [-0.1, -0.05) is 36.8 Å². The van der Waals surface area contributed by atoms with Gasteiger partial charge in [-0.05, 0) is 24.9 Å². The van der Waals surface area contributed by atoms with Crippen molar-refractivity contribution in [1.29, 1.82) is 0 Å². The van der Waals surface area contributed by atoms with Crippen molar-refractivity contribution in [2.45, 2.75) is 31.2 Å². The Bertz CT molecular complexity index is 476. The molecule has 1 aromatic carbocycles. The van der Waals surface area contributed by atoms with Gasteiger partial charge in [0.05, 0.1) is 5.92 Å². The fourth-order valence-corrected chi connectivity index (χ4v) is 3.64. The Kier molecular flexibility index (Phi) is 4.56. The summed E-state index contributed by atoms with van der Waals surface area (Å²) < 4.78 is 0. The van der Waals surface area contributed by atoms with Gasteiger partial charge in [0.1, 0.15) is 0 Å². The summed E-state index contributed by atoms with van der Waals surface area (Å²) in [5.41, 5.74) is 6.92. The maximum Gasteiger partial charge on any atom is 0.231 e. The van der Waals surface area contributed by atoms with Crippen LogP contribution in [0.5, 0.6) is 0 Å². The van der Waals surface area contributed by atoms with Crippen LogP contribution >= 0.6 is 0 Å². The quantitative estimate of drug-likeness (QED) is 0.915. The average Bonchev–Trinajstić information content (AvgIpc) is 2.56. The molecule has 0 spiro atoms. The number of piperazine rings is 1. The fraction of sp³-hybridized carbons (Fsp3) is 0.588. The molecule has 2 N–H and O–H groups in total. The van der Waals surface area contributed by atoms with Crippen molar-refractivity contribution >= 4 is 5.91 Å². The van der Waals surface area contributed by atoms with Gasteiger partial charge in [0.25, 0.3) is 0 Å². The SMILES string of the molecule is NCC(C(=O)N1CCN2CCCCC2C1)c1ccccc1. The number of hydrogen-bond donors (Lipinski definition) is 1. The molecule has 3 rings (SSSR count). The molecule has 1 aromatic rings. The van der Waals surface area contributed by atoms with E-state index in [1.807, 2.05) is 35.2 Å². The summed E-state index contributed by atoms with van der Waals surface area (Å²) in [6.07, 6.45) is 3.82. The summed E-state index contributed by atoms with van der Waals surface area (Å²) in [7, 11) is 0. The second kappa shape index (κ2) is 6.58. The van der Waals surface area contributed by atoms with E-state index in [2.05, 4.69) is 4.90 Å². The smallest absolute Gasteiger partial charge is 0.231 e. The molecule has 2 heterocycles. The molecular formula is C17H25N3O. The number of rotatable bonds is 3. The molecule has 4 nitrogen and oxygen atoms in total. The van der Waals surface area contributed by atoms with Crippen molar-refractivity contribution in [1.82, 2.24) is 9.80 Å². The van der Waals surface area contributed by atoms with Gasteiger partial charge < -0.3 is 10.6 Å². The number of carbonyl (C=O) groups excluding carboxylic acids is 1. The van der Waals surface area contributed by atoms with Crippen LogP contribution in [-0.2, 0) is 4.79 Å². The molecule has 0 saturated carbocycles. The number of hydrogen-bond acceptors (Lipinski definition) is 3. The lowest BCUT2D eigenvalue weighted by atomic mass is 9.95. The molecule has 0 bridgehead atoms. The number of fused-ring (bicyclic) bond motifs is 1. The van der Waals surface area contributed by atoms with E-state index < -0.39 is 0 Å². The predicted molar refractivity (Wildman–Crippen MR) is 84.0 cm³/mol. The van der Waals surface area contributed by atoms with E-state index in [1.54, 1.807) is 0 Å². The first-order chi connectivity index (χ1) is 10.3. The van der Waals surface area contributed by atoms with E-state index in [0.29, 0.717) is 12.6 Å². The first-order valence-electron chi connectivity index (χ1n) is 8.07. The van der Waals surface area contributed by atoms with Crippen LogP contribution < -0.4 is 5.73 Å². The molecule has 2 aliphatic rings. The van der Waals surface area contributed by atoms with E-state index >= 15 is 0 Å². The number of carbonyl (C=O) groups is 1. The molecule has 0 aliphatic carbocycles. The van der Waals surface area contributed by atoms with Crippen LogP contribution in [0.4, 0.5) is 0 Å². The van der Waals surface area contributed by atoms with Crippen molar-refractivity contribution in [2.75, 3.05) is 32.7 Å². The van der Waals surface area contributed by atoms with Crippen molar-refractivity contribution < 1.29 is 4.79 Å². The molecule has 2 atom stereocenters. The van der Waals surface area contributed by atoms with Gasteiger partial charge in [0.15, 0.2) is 0 Å². The largest absolute Gasteiger partial charge is 0.339 e. The lowest BCUT2D eigenvalue weighted by molar-refractivity contribution is -0.136. The fourth-order valence-electron chi connectivity index (χ4n) is 3.64. The van der Waals surface area contributed by atoms with E-state index in [4.69, 9.17) is 5.73 Å². The Morgan fingerprint density at radius 1 is 1.19 bits per heavy atom. The van der Waals surface area contributed by atoms with E-state index in [0.717, 1.165) is 25.2 Å². The average molecular weight is 287 g/mol. The highest BCUT2D eigenvalue weighted by molar-refractivity contribution is 5.84. The summed E-state index contributed by atoms with van der Waals surface area (Å²) in [6, 6.07) is 10.5. The minimum Gasteiger partial charge on any atom is -0.339 e. The predicted octanol–water partition coefficient (Wildman–Crippen LogP) is 1.43. The molecule has 2 aliphatic heterocycles. The van der Waals surface area contributed by atoms with Crippen LogP contribution in [0.25, 0.3) is 0 Å². The molecule has 4 heteroatoms. The molecule has 114 valence electrons. The molecule has 0 radical (unpaired) electrons. The molecule has 2 saturated heterocycles. The van der Waals surface area contributed by atoms with Gasteiger partial charge in [-0.15, -0.1) is 0 Å². The lowest BCUT2D eigenvalue weighted by Crippen LogP contribution is -2.57. The van der Waals surface area contributed by atoms with Gasteiger partial charge in [-0.3, -0.25) is 9.69 Å². The van der Waals surface area contributed by atoms with E-state index in [9.17, 15) is 4.79 Å². The topological polar surface area (TPSA) is 49.6 Å². The Balaban J connectivity index is 1.69. The van der Waals surface area contributed by atoms with Crippen LogP contribution in [0.15, 0.2) is 30.3 Å². The number of piperidine rings is 1. The zero-order valence-corrected chi connectivity index (χ0v) is 12.6. The molecule has 0 aromatic heterocycles. The number of benzene rings is 1. The Labute approximate surface area is 126 Å². The second-order valence-electron chi connectivity index (χ2n) is 6.17. The molecular weight excluding hydrogens is 262 g/mol. The number of nitrogens with zero attached hydrogens (tertiary/aromatic N) is 2. The van der Waals surface area contributed by atoms with Gasteiger partial charge >= 0.3 is 0 Å². The Hall–Kier alpha value is -1.39. The van der Waals surface area contributed by atoms with Crippen molar-refractivity contribution in [3.63, 3.8) is 0 Å². The number of amides is 1. The third kappa shape index (κ3) is 3.11. The molecule has 1 amide bonds. The first kappa shape index (κ1) is 14.5. The summed E-state index contributed by atoms with van der Waals surface area (Å²) in [5.74, 6) is 0.00950. The monoisotopic (exact) mass is 287 g/mol. The zero-order valence-electron chi connectivity index (χ0n) is 12.6. The van der Waals surface area contributed by atoms with Gasteiger partial charge in [0.2, 0.25) is 5.91 Å². The summed E-state index contributed by atoms with van der Waals surface area (Å²) in [6.45, 7) is 4.32. The normalized spacial score (nSPS) is 24.4. The summed E-state index contributed by atoms with van der Waals surface area (Å²) >= 11 is 0. The Morgan fingerprint density at radius 2 is 2.00 bits per heavy atom. The molecule has 21 heavy (non-hydrogen) atoms. The van der Waals surface area contributed by atoms with E-state index in [-0.39, 0.29) is 11.8 Å². The minimum absolute atomic E-state index is 0.193. The van der Waals surface area contributed by atoms with Crippen LogP contribution in [0.3, 0.4) is 0 Å². The maximum absolute atomic E-state index is 12.8. The van der Waals surface area contributed by atoms with Gasteiger partial charge in [-0.25, -0.2) is 0 Å². The van der Waals surface area contributed by atoms with Crippen molar-refractivity contribution in [3.8, 4) is 0 Å². The van der Waals surface area contributed by atoms with Crippen molar-refractivity contribution in [2.24, 2.45) is 5.73 Å². The highest BCUT2D eigenvalue weighted by atomic mass is 16.2. The van der Waals surface area contributed by atoms with Crippen molar-refractivity contribution in [3.05, 3.63) is 35.9 Å².